The second kappa shape index (κ2) is 13.9. The molecule has 1 N–H and O–H groups in total. The van der Waals surface area contributed by atoms with Crippen molar-refractivity contribution in [3.63, 3.8) is 0 Å². The molecule has 0 aliphatic rings. The Bertz CT molecular complexity index is 1630. The van der Waals surface area contributed by atoms with Crippen LogP contribution < -0.4 is 9.62 Å². The van der Waals surface area contributed by atoms with Gasteiger partial charge in [-0.3, -0.25) is 13.9 Å². The van der Waals surface area contributed by atoms with Gasteiger partial charge in [0.15, 0.2) is 0 Å². The quantitative estimate of drug-likeness (QED) is 0.221. The summed E-state index contributed by atoms with van der Waals surface area (Å²) >= 11 is 6.53. The van der Waals surface area contributed by atoms with E-state index in [2.05, 4.69) is 5.32 Å². The van der Waals surface area contributed by atoms with Crippen LogP contribution in [0.4, 0.5) is 5.69 Å². The molecule has 0 spiro atoms. The van der Waals surface area contributed by atoms with Crippen molar-refractivity contribution in [2.75, 3.05) is 10.8 Å². The fourth-order valence-corrected chi connectivity index (χ4v) is 6.29. The van der Waals surface area contributed by atoms with Gasteiger partial charge in [0.05, 0.1) is 10.6 Å². The summed E-state index contributed by atoms with van der Waals surface area (Å²) in [6.45, 7) is 5.08. The van der Waals surface area contributed by atoms with Gasteiger partial charge in [0, 0.05) is 23.5 Å². The molecule has 9 heteroatoms. The van der Waals surface area contributed by atoms with Crippen LogP contribution >= 0.6 is 11.6 Å². The van der Waals surface area contributed by atoms with Crippen LogP contribution in [0, 0.1) is 0 Å². The Morgan fingerprint density at radius 3 is 1.91 bits per heavy atom. The summed E-state index contributed by atoms with van der Waals surface area (Å²) in [6.07, 6.45) is 0.218. The van der Waals surface area contributed by atoms with Gasteiger partial charge in [0.1, 0.15) is 12.6 Å². The summed E-state index contributed by atoms with van der Waals surface area (Å²) in [5.74, 6) is -0.901. The van der Waals surface area contributed by atoms with E-state index in [1.165, 1.54) is 17.0 Å². The fraction of sp³-hybridized carbons (Fsp3) is 0.235. The summed E-state index contributed by atoms with van der Waals surface area (Å²) in [6, 6.07) is 32.0. The number of halogens is 1. The zero-order valence-corrected chi connectivity index (χ0v) is 26.1. The van der Waals surface area contributed by atoms with E-state index in [9.17, 15) is 18.0 Å². The summed E-state index contributed by atoms with van der Waals surface area (Å²) < 4.78 is 29.0. The Morgan fingerprint density at radius 1 is 0.791 bits per heavy atom. The lowest BCUT2D eigenvalue weighted by atomic mass is 10.0. The van der Waals surface area contributed by atoms with Gasteiger partial charge in [-0.05, 0) is 62.2 Å². The van der Waals surface area contributed by atoms with Gasteiger partial charge >= 0.3 is 0 Å². The SMILES string of the molecule is CC(C)(C)NC(=O)[C@@H](Cc1ccccc1)N(Cc1ccccc1Cl)C(=O)CN(c1ccccc1)S(=O)(=O)c1ccccc1. The molecule has 0 radical (unpaired) electrons. The molecule has 224 valence electrons. The highest BCUT2D eigenvalue weighted by molar-refractivity contribution is 7.92. The molecular weight excluding hydrogens is 582 g/mol. The molecule has 0 aliphatic heterocycles. The van der Waals surface area contributed by atoms with Crippen LogP contribution in [0.25, 0.3) is 0 Å². The standard InChI is InChI=1S/C34H36ClN3O4S/c1-34(2,3)36-33(40)31(23-26-15-7-4-8-16-26)37(24-27-17-13-14-22-30(27)35)32(39)25-38(28-18-9-5-10-19-28)43(41,42)29-20-11-6-12-21-29/h4-22,31H,23-25H2,1-3H3,(H,36,40)/t31-/m1/s1. The number of hydrogen-bond donors (Lipinski definition) is 1. The first-order chi connectivity index (χ1) is 20.5. The highest BCUT2D eigenvalue weighted by Gasteiger charge is 2.35. The molecular formula is C34H36ClN3O4S. The fourth-order valence-electron chi connectivity index (χ4n) is 4.66. The Kier molecular flexibility index (Phi) is 10.3. The molecule has 1 atom stereocenters. The summed E-state index contributed by atoms with van der Waals surface area (Å²) in [5.41, 5.74) is 1.25. The third-order valence-electron chi connectivity index (χ3n) is 6.72. The average Bonchev–Trinajstić information content (AvgIpc) is 2.99. The van der Waals surface area contributed by atoms with Crippen molar-refractivity contribution in [1.82, 2.24) is 10.2 Å². The van der Waals surface area contributed by atoms with Crippen molar-refractivity contribution < 1.29 is 18.0 Å². The number of nitrogens with zero attached hydrogens (tertiary/aromatic N) is 2. The maximum atomic E-state index is 14.4. The molecule has 0 bridgehead atoms. The lowest BCUT2D eigenvalue weighted by molar-refractivity contribution is -0.140. The minimum Gasteiger partial charge on any atom is -0.350 e. The van der Waals surface area contributed by atoms with Gasteiger partial charge < -0.3 is 10.2 Å². The number of nitrogens with one attached hydrogen (secondary N) is 1. The van der Waals surface area contributed by atoms with E-state index in [-0.39, 0.29) is 23.8 Å². The molecule has 0 aromatic heterocycles. The van der Waals surface area contributed by atoms with Gasteiger partial charge in [-0.25, -0.2) is 8.42 Å². The van der Waals surface area contributed by atoms with E-state index in [0.717, 1.165) is 9.87 Å². The maximum absolute atomic E-state index is 14.4. The normalized spacial score (nSPS) is 12.3. The van der Waals surface area contributed by atoms with Crippen LogP contribution in [0.1, 0.15) is 31.9 Å². The van der Waals surface area contributed by atoms with Crippen LogP contribution in [0.3, 0.4) is 0 Å². The average molecular weight is 618 g/mol. The van der Waals surface area contributed by atoms with E-state index < -0.39 is 34.1 Å². The largest absolute Gasteiger partial charge is 0.350 e. The van der Waals surface area contributed by atoms with Crippen molar-refractivity contribution in [2.45, 2.75) is 50.2 Å². The van der Waals surface area contributed by atoms with Crippen LogP contribution in [-0.2, 0) is 32.6 Å². The minimum atomic E-state index is -4.14. The molecule has 0 saturated carbocycles. The van der Waals surface area contributed by atoms with Crippen molar-refractivity contribution >= 4 is 39.1 Å². The third-order valence-corrected chi connectivity index (χ3v) is 8.88. The second-order valence-electron chi connectivity index (χ2n) is 11.2. The van der Waals surface area contributed by atoms with Crippen molar-refractivity contribution in [3.05, 3.63) is 131 Å². The third kappa shape index (κ3) is 8.46. The highest BCUT2D eigenvalue weighted by atomic mass is 35.5. The first kappa shape index (κ1) is 31.8. The van der Waals surface area contributed by atoms with Gasteiger partial charge in [-0.15, -0.1) is 0 Å². The van der Waals surface area contributed by atoms with E-state index in [4.69, 9.17) is 11.6 Å². The predicted molar refractivity (Wildman–Crippen MR) is 171 cm³/mol. The van der Waals surface area contributed by atoms with Crippen LogP contribution in [0.5, 0.6) is 0 Å². The Hall–Kier alpha value is -4.14. The lowest BCUT2D eigenvalue weighted by Gasteiger charge is -2.35. The number of para-hydroxylation sites is 1. The number of benzene rings is 4. The van der Waals surface area contributed by atoms with Crippen molar-refractivity contribution in [2.24, 2.45) is 0 Å². The van der Waals surface area contributed by atoms with Crippen LogP contribution in [0.15, 0.2) is 120 Å². The molecule has 43 heavy (non-hydrogen) atoms. The molecule has 7 nitrogen and oxygen atoms in total. The first-order valence-corrected chi connectivity index (χ1v) is 15.8. The van der Waals surface area contributed by atoms with Gasteiger partial charge in [0.25, 0.3) is 10.0 Å². The number of rotatable bonds is 11. The summed E-state index contributed by atoms with van der Waals surface area (Å²) in [7, 11) is -4.14. The summed E-state index contributed by atoms with van der Waals surface area (Å²) in [5, 5.41) is 3.46. The van der Waals surface area contributed by atoms with E-state index >= 15 is 0 Å². The topological polar surface area (TPSA) is 86.8 Å². The van der Waals surface area contributed by atoms with E-state index in [1.807, 2.05) is 51.1 Å². The molecule has 0 unspecified atom stereocenters. The van der Waals surface area contributed by atoms with Crippen LogP contribution in [0.2, 0.25) is 5.02 Å². The summed E-state index contributed by atoms with van der Waals surface area (Å²) in [4.78, 5) is 29.8. The van der Waals surface area contributed by atoms with Crippen molar-refractivity contribution in [1.29, 1.82) is 0 Å². The molecule has 0 aliphatic carbocycles. The van der Waals surface area contributed by atoms with Gasteiger partial charge in [0.2, 0.25) is 11.8 Å². The molecule has 0 fully saturated rings. The zero-order chi connectivity index (χ0) is 31.0. The monoisotopic (exact) mass is 617 g/mol. The molecule has 4 rings (SSSR count). The van der Waals surface area contributed by atoms with Crippen LogP contribution in [-0.4, -0.2) is 43.3 Å². The Morgan fingerprint density at radius 2 is 1.33 bits per heavy atom. The maximum Gasteiger partial charge on any atom is 0.264 e. The molecule has 0 heterocycles. The second-order valence-corrected chi connectivity index (χ2v) is 13.5. The highest BCUT2D eigenvalue weighted by Crippen LogP contribution is 2.26. The smallest absolute Gasteiger partial charge is 0.264 e. The number of amides is 2. The molecule has 2 amide bonds. The Labute approximate surface area is 259 Å². The number of sulfonamides is 1. The number of carbonyl (C=O) groups is 2. The molecule has 0 saturated heterocycles. The predicted octanol–water partition coefficient (Wildman–Crippen LogP) is 6.09. The minimum absolute atomic E-state index is 0.00157. The zero-order valence-electron chi connectivity index (χ0n) is 24.5. The van der Waals surface area contributed by atoms with E-state index in [1.54, 1.807) is 72.8 Å². The Balaban J connectivity index is 1.80. The molecule has 4 aromatic carbocycles. The lowest BCUT2D eigenvalue weighted by Crippen LogP contribution is -2.56. The molecule has 4 aromatic rings. The van der Waals surface area contributed by atoms with Gasteiger partial charge in [-0.1, -0.05) is 96.5 Å². The number of carbonyl (C=O) groups excluding carboxylic acids is 2. The first-order valence-electron chi connectivity index (χ1n) is 14.0. The van der Waals surface area contributed by atoms with E-state index in [0.29, 0.717) is 16.3 Å². The van der Waals surface area contributed by atoms with Crippen molar-refractivity contribution in [3.8, 4) is 0 Å². The van der Waals surface area contributed by atoms with Gasteiger partial charge in [-0.2, -0.15) is 0 Å². The number of anilines is 1. The number of hydrogen-bond acceptors (Lipinski definition) is 4.